The molecule has 0 saturated heterocycles. The number of benzene rings is 1. The topological polar surface area (TPSA) is 36.1 Å². The SMILES string of the molecule is CC1Cc2ccccc2N1C(=O)c1cc2sccc2[nH]1. The summed E-state index contributed by atoms with van der Waals surface area (Å²) in [6.45, 7) is 2.10. The molecule has 1 aromatic carbocycles. The van der Waals surface area contributed by atoms with E-state index in [0.29, 0.717) is 5.69 Å². The molecule has 0 fully saturated rings. The summed E-state index contributed by atoms with van der Waals surface area (Å²) in [5, 5.41) is 2.03. The van der Waals surface area contributed by atoms with Crippen molar-refractivity contribution in [3.63, 3.8) is 0 Å². The highest BCUT2D eigenvalue weighted by molar-refractivity contribution is 7.17. The fourth-order valence-electron chi connectivity index (χ4n) is 2.97. The molecule has 0 spiro atoms. The monoisotopic (exact) mass is 282 g/mol. The number of aromatic amines is 1. The van der Waals surface area contributed by atoms with Crippen LogP contribution in [-0.4, -0.2) is 16.9 Å². The van der Waals surface area contributed by atoms with Crippen molar-refractivity contribution in [2.24, 2.45) is 0 Å². The fraction of sp³-hybridized carbons (Fsp3) is 0.188. The number of nitrogens with zero attached hydrogens (tertiary/aromatic N) is 1. The molecule has 3 aromatic rings. The Morgan fingerprint density at radius 2 is 2.20 bits per heavy atom. The highest BCUT2D eigenvalue weighted by Gasteiger charge is 2.31. The Morgan fingerprint density at radius 1 is 1.35 bits per heavy atom. The van der Waals surface area contributed by atoms with Gasteiger partial charge in [0.05, 0.1) is 10.2 Å². The van der Waals surface area contributed by atoms with Gasteiger partial charge in [0.1, 0.15) is 5.69 Å². The first-order valence-corrected chi connectivity index (χ1v) is 7.59. The Balaban J connectivity index is 1.77. The molecule has 20 heavy (non-hydrogen) atoms. The van der Waals surface area contributed by atoms with E-state index < -0.39 is 0 Å². The van der Waals surface area contributed by atoms with Gasteiger partial charge in [-0.1, -0.05) is 18.2 Å². The molecular weight excluding hydrogens is 268 g/mol. The molecule has 0 aliphatic carbocycles. The molecule has 1 atom stereocenters. The number of anilines is 1. The zero-order valence-corrected chi connectivity index (χ0v) is 11.9. The third-order valence-corrected chi connectivity index (χ3v) is 4.76. The molecule has 1 aliphatic heterocycles. The second-order valence-electron chi connectivity index (χ2n) is 5.24. The summed E-state index contributed by atoms with van der Waals surface area (Å²) < 4.78 is 1.13. The number of hydrogen-bond acceptors (Lipinski definition) is 2. The van der Waals surface area contributed by atoms with Crippen LogP contribution in [0.2, 0.25) is 0 Å². The predicted molar refractivity (Wildman–Crippen MR) is 82.6 cm³/mol. The highest BCUT2D eigenvalue weighted by Crippen LogP contribution is 2.33. The van der Waals surface area contributed by atoms with Crippen LogP contribution in [0.5, 0.6) is 0 Å². The average Bonchev–Trinajstić information content (AvgIpc) is 3.08. The average molecular weight is 282 g/mol. The molecule has 100 valence electrons. The standard InChI is InChI=1S/C16H14N2OS/c1-10-8-11-4-2-3-5-14(11)18(10)16(19)13-9-15-12(17-13)6-7-20-15/h2-7,9-10,17H,8H2,1H3. The predicted octanol–water partition coefficient (Wildman–Crippen LogP) is 3.82. The van der Waals surface area contributed by atoms with Gasteiger partial charge in [-0.15, -0.1) is 11.3 Å². The van der Waals surface area contributed by atoms with Crippen LogP contribution in [-0.2, 0) is 6.42 Å². The molecule has 1 aliphatic rings. The van der Waals surface area contributed by atoms with Crippen LogP contribution in [0.25, 0.3) is 10.2 Å². The fourth-order valence-corrected chi connectivity index (χ4v) is 3.75. The number of amides is 1. The number of nitrogens with one attached hydrogen (secondary N) is 1. The quantitative estimate of drug-likeness (QED) is 0.723. The van der Waals surface area contributed by atoms with E-state index in [0.717, 1.165) is 22.3 Å². The number of carbonyl (C=O) groups is 1. The number of para-hydroxylation sites is 1. The van der Waals surface area contributed by atoms with Crippen molar-refractivity contribution in [1.82, 2.24) is 4.98 Å². The number of hydrogen-bond donors (Lipinski definition) is 1. The van der Waals surface area contributed by atoms with Crippen molar-refractivity contribution >= 4 is 33.1 Å². The molecule has 2 aromatic heterocycles. The lowest BCUT2D eigenvalue weighted by atomic mass is 10.1. The third-order valence-electron chi connectivity index (χ3n) is 3.90. The summed E-state index contributed by atoms with van der Waals surface area (Å²) in [6, 6.07) is 12.3. The normalized spacial score (nSPS) is 17.6. The maximum atomic E-state index is 12.8. The van der Waals surface area contributed by atoms with Crippen LogP contribution in [0.3, 0.4) is 0 Å². The molecule has 4 heteroatoms. The van der Waals surface area contributed by atoms with Gasteiger partial charge in [0.25, 0.3) is 5.91 Å². The molecule has 4 rings (SSSR count). The van der Waals surface area contributed by atoms with Gasteiger partial charge in [-0.3, -0.25) is 4.79 Å². The Bertz CT molecular complexity index is 773. The minimum atomic E-state index is 0.0610. The lowest BCUT2D eigenvalue weighted by Crippen LogP contribution is -2.35. The van der Waals surface area contributed by atoms with Crippen LogP contribution in [0, 0.1) is 0 Å². The summed E-state index contributed by atoms with van der Waals surface area (Å²) in [5.41, 5.74) is 4.01. The van der Waals surface area contributed by atoms with E-state index in [9.17, 15) is 4.79 Å². The van der Waals surface area contributed by atoms with Gasteiger partial charge in [-0.2, -0.15) is 0 Å². The van der Waals surface area contributed by atoms with Crippen LogP contribution in [0.1, 0.15) is 23.0 Å². The molecule has 0 radical (unpaired) electrons. The summed E-state index contributed by atoms with van der Waals surface area (Å²) in [7, 11) is 0. The second-order valence-corrected chi connectivity index (χ2v) is 6.19. The second kappa shape index (κ2) is 4.21. The number of thiophene rings is 1. The number of rotatable bonds is 1. The van der Waals surface area contributed by atoms with Gasteiger partial charge in [0, 0.05) is 11.7 Å². The maximum absolute atomic E-state index is 12.8. The van der Waals surface area contributed by atoms with E-state index in [1.54, 1.807) is 11.3 Å². The van der Waals surface area contributed by atoms with Gasteiger partial charge >= 0.3 is 0 Å². The van der Waals surface area contributed by atoms with Crippen molar-refractivity contribution < 1.29 is 4.79 Å². The van der Waals surface area contributed by atoms with Gasteiger partial charge in [-0.25, -0.2) is 0 Å². The number of carbonyl (C=O) groups excluding carboxylic acids is 1. The van der Waals surface area contributed by atoms with Gasteiger partial charge in [0.15, 0.2) is 0 Å². The molecule has 0 bridgehead atoms. The largest absolute Gasteiger partial charge is 0.350 e. The zero-order chi connectivity index (χ0) is 13.7. The van der Waals surface area contributed by atoms with Crippen molar-refractivity contribution in [2.75, 3.05) is 4.90 Å². The molecule has 3 nitrogen and oxygen atoms in total. The molecule has 1 unspecified atom stereocenters. The highest BCUT2D eigenvalue weighted by atomic mass is 32.1. The van der Waals surface area contributed by atoms with Gasteiger partial charge in [0.2, 0.25) is 0 Å². The van der Waals surface area contributed by atoms with E-state index >= 15 is 0 Å². The van der Waals surface area contributed by atoms with E-state index in [2.05, 4.69) is 18.0 Å². The van der Waals surface area contributed by atoms with Gasteiger partial charge in [-0.05, 0) is 42.5 Å². The van der Waals surface area contributed by atoms with Gasteiger partial charge < -0.3 is 9.88 Å². The molecular formula is C16H14N2OS. The lowest BCUT2D eigenvalue weighted by Gasteiger charge is -2.22. The number of fused-ring (bicyclic) bond motifs is 2. The molecule has 1 amide bonds. The first kappa shape index (κ1) is 11.7. The summed E-state index contributed by atoms with van der Waals surface area (Å²) in [6.07, 6.45) is 0.928. The first-order valence-electron chi connectivity index (χ1n) is 6.72. The minimum absolute atomic E-state index is 0.0610. The summed E-state index contributed by atoms with van der Waals surface area (Å²) in [4.78, 5) is 17.9. The zero-order valence-electron chi connectivity index (χ0n) is 11.1. The molecule has 1 N–H and O–H groups in total. The number of H-pyrrole nitrogens is 1. The van der Waals surface area contributed by atoms with Crippen molar-refractivity contribution in [1.29, 1.82) is 0 Å². The third kappa shape index (κ3) is 1.61. The van der Waals surface area contributed by atoms with Crippen LogP contribution in [0.15, 0.2) is 41.8 Å². The van der Waals surface area contributed by atoms with Crippen molar-refractivity contribution in [2.45, 2.75) is 19.4 Å². The Kier molecular flexibility index (Phi) is 2.47. The van der Waals surface area contributed by atoms with Crippen molar-refractivity contribution in [3.05, 3.63) is 53.0 Å². The Labute approximate surface area is 120 Å². The smallest absolute Gasteiger partial charge is 0.275 e. The van der Waals surface area contributed by atoms with E-state index in [1.807, 2.05) is 40.6 Å². The first-order chi connectivity index (χ1) is 9.74. The molecule has 3 heterocycles. The van der Waals surface area contributed by atoms with Crippen LogP contribution >= 0.6 is 11.3 Å². The van der Waals surface area contributed by atoms with Crippen molar-refractivity contribution in [3.8, 4) is 0 Å². The van der Waals surface area contributed by atoms with E-state index in [4.69, 9.17) is 0 Å². The summed E-state index contributed by atoms with van der Waals surface area (Å²) >= 11 is 1.65. The Morgan fingerprint density at radius 3 is 3.05 bits per heavy atom. The molecule has 0 saturated carbocycles. The van der Waals surface area contributed by atoms with E-state index in [1.165, 1.54) is 5.56 Å². The number of aromatic nitrogens is 1. The van der Waals surface area contributed by atoms with Crippen LogP contribution in [0.4, 0.5) is 5.69 Å². The maximum Gasteiger partial charge on any atom is 0.275 e. The Hall–Kier alpha value is -2.07. The van der Waals surface area contributed by atoms with Crippen LogP contribution < -0.4 is 4.90 Å². The lowest BCUT2D eigenvalue weighted by molar-refractivity contribution is 0.0977. The van der Waals surface area contributed by atoms with E-state index in [-0.39, 0.29) is 11.9 Å². The summed E-state index contributed by atoms with van der Waals surface area (Å²) in [5.74, 6) is 0.0610. The minimum Gasteiger partial charge on any atom is -0.350 e.